The Morgan fingerprint density at radius 2 is 1.59 bits per heavy atom. The van der Waals surface area contributed by atoms with E-state index in [-0.39, 0.29) is 0 Å². The Balaban J connectivity index is 2.12. The van der Waals surface area contributed by atoms with Crippen LogP contribution in [0.15, 0.2) is 64.9 Å². The van der Waals surface area contributed by atoms with Crippen molar-refractivity contribution in [2.24, 2.45) is 0 Å². The van der Waals surface area contributed by atoms with Gasteiger partial charge >= 0.3 is 0 Å². The summed E-state index contributed by atoms with van der Waals surface area (Å²) < 4.78 is 12.0. The van der Waals surface area contributed by atoms with Gasteiger partial charge in [-0.25, -0.2) is 4.21 Å². The third-order valence-electron chi connectivity index (χ3n) is 2.44. The van der Waals surface area contributed by atoms with Gasteiger partial charge < -0.3 is 0 Å². The van der Waals surface area contributed by atoms with Crippen LogP contribution in [0.3, 0.4) is 0 Å². The highest BCUT2D eigenvalue weighted by molar-refractivity contribution is 7.88. The Hall–Kier alpha value is -1.67. The standard InChI is InChI=1S/C15H14OS/c1-13-7-9-15(10-8-13)17(16)12-11-14-5-3-2-4-6-14/h2-12H,1H3/b12-11-. The molecular weight excluding hydrogens is 228 g/mol. The fraction of sp³-hybridized carbons (Fsp3) is 0.0667. The van der Waals surface area contributed by atoms with E-state index in [4.69, 9.17) is 0 Å². The first-order chi connectivity index (χ1) is 8.25. The zero-order valence-electron chi connectivity index (χ0n) is 9.67. The second kappa shape index (κ2) is 5.60. The van der Waals surface area contributed by atoms with Crippen LogP contribution in [-0.4, -0.2) is 4.21 Å². The van der Waals surface area contributed by atoms with Crippen molar-refractivity contribution < 1.29 is 4.21 Å². The van der Waals surface area contributed by atoms with E-state index in [0.717, 1.165) is 10.5 Å². The highest BCUT2D eigenvalue weighted by Gasteiger charge is 1.98. The lowest BCUT2D eigenvalue weighted by Crippen LogP contribution is -1.86. The molecule has 86 valence electrons. The summed E-state index contributed by atoms with van der Waals surface area (Å²) in [4.78, 5) is 0.836. The SMILES string of the molecule is Cc1ccc(S(=O)/C=C\c2ccccc2)cc1. The van der Waals surface area contributed by atoms with E-state index in [1.54, 1.807) is 5.41 Å². The molecule has 2 aromatic rings. The quantitative estimate of drug-likeness (QED) is 0.800. The van der Waals surface area contributed by atoms with Crippen LogP contribution in [0.5, 0.6) is 0 Å². The van der Waals surface area contributed by atoms with Crippen molar-refractivity contribution in [1.29, 1.82) is 0 Å². The number of aryl methyl sites for hydroxylation is 1. The molecule has 0 amide bonds. The zero-order chi connectivity index (χ0) is 12.1. The van der Waals surface area contributed by atoms with Gasteiger partial charge in [-0.1, -0.05) is 48.0 Å². The molecule has 1 unspecified atom stereocenters. The van der Waals surface area contributed by atoms with Crippen molar-refractivity contribution in [2.45, 2.75) is 11.8 Å². The molecule has 2 aromatic carbocycles. The van der Waals surface area contributed by atoms with E-state index in [0.29, 0.717) is 0 Å². The molecular formula is C15H14OS. The van der Waals surface area contributed by atoms with Gasteiger partial charge in [0.2, 0.25) is 0 Å². The first kappa shape index (κ1) is 11.8. The van der Waals surface area contributed by atoms with Crippen molar-refractivity contribution in [2.75, 3.05) is 0 Å². The van der Waals surface area contributed by atoms with Crippen LogP contribution >= 0.6 is 0 Å². The van der Waals surface area contributed by atoms with Gasteiger partial charge in [-0.2, -0.15) is 0 Å². The molecule has 0 bridgehead atoms. The third-order valence-corrected chi connectivity index (χ3v) is 3.56. The average molecular weight is 242 g/mol. The van der Waals surface area contributed by atoms with Crippen LogP contribution in [0.2, 0.25) is 0 Å². The summed E-state index contributed by atoms with van der Waals surface area (Å²) in [7, 11) is -1.07. The molecule has 0 heterocycles. The third kappa shape index (κ3) is 3.40. The Kier molecular flexibility index (Phi) is 3.89. The summed E-state index contributed by atoms with van der Waals surface area (Å²) in [6.07, 6.45) is 1.88. The Bertz CT molecular complexity index is 527. The van der Waals surface area contributed by atoms with Crippen molar-refractivity contribution in [3.05, 3.63) is 71.1 Å². The minimum absolute atomic E-state index is 0.836. The summed E-state index contributed by atoms with van der Waals surface area (Å²) in [6, 6.07) is 17.6. The van der Waals surface area contributed by atoms with Gasteiger partial charge in [0.15, 0.2) is 0 Å². The number of hydrogen-bond acceptors (Lipinski definition) is 1. The van der Waals surface area contributed by atoms with E-state index in [9.17, 15) is 4.21 Å². The predicted octanol–water partition coefficient (Wildman–Crippen LogP) is 3.77. The summed E-state index contributed by atoms with van der Waals surface area (Å²) in [5, 5.41) is 1.72. The van der Waals surface area contributed by atoms with Gasteiger partial charge in [0.05, 0.1) is 10.8 Å². The molecule has 0 aliphatic rings. The molecule has 0 N–H and O–H groups in total. The molecule has 0 spiro atoms. The monoisotopic (exact) mass is 242 g/mol. The van der Waals surface area contributed by atoms with Crippen LogP contribution in [0.4, 0.5) is 0 Å². The van der Waals surface area contributed by atoms with Gasteiger partial charge in [-0.3, -0.25) is 0 Å². The Labute approximate surface area is 104 Å². The van der Waals surface area contributed by atoms with Crippen molar-refractivity contribution in [3.8, 4) is 0 Å². The van der Waals surface area contributed by atoms with Crippen LogP contribution in [0.1, 0.15) is 11.1 Å². The van der Waals surface area contributed by atoms with E-state index in [2.05, 4.69) is 0 Å². The Morgan fingerprint density at radius 1 is 0.941 bits per heavy atom. The first-order valence-electron chi connectivity index (χ1n) is 5.46. The molecule has 2 heteroatoms. The second-order valence-corrected chi connectivity index (χ2v) is 5.16. The molecule has 2 rings (SSSR count). The number of rotatable bonds is 3. The second-order valence-electron chi connectivity index (χ2n) is 3.82. The molecule has 0 aliphatic carbocycles. The summed E-state index contributed by atoms with van der Waals surface area (Å²) in [5.41, 5.74) is 2.24. The predicted molar refractivity (Wildman–Crippen MR) is 73.1 cm³/mol. The fourth-order valence-corrected chi connectivity index (χ4v) is 2.30. The van der Waals surface area contributed by atoms with E-state index in [1.807, 2.05) is 67.6 Å². The maximum Gasteiger partial charge on any atom is 0.0776 e. The maximum atomic E-state index is 12.0. The lowest BCUT2D eigenvalue weighted by Gasteiger charge is -1.97. The average Bonchev–Trinajstić information content (AvgIpc) is 2.38. The summed E-state index contributed by atoms with van der Waals surface area (Å²) >= 11 is 0. The molecule has 0 saturated carbocycles. The summed E-state index contributed by atoms with van der Waals surface area (Å²) in [6.45, 7) is 2.02. The smallest absolute Gasteiger partial charge is 0.0776 e. The van der Waals surface area contributed by atoms with Crippen molar-refractivity contribution in [1.82, 2.24) is 0 Å². The zero-order valence-corrected chi connectivity index (χ0v) is 10.5. The first-order valence-corrected chi connectivity index (χ1v) is 6.67. The van der Waals surface area contributed by atoms with Crippen molar-refractivity contribution >= 4 is 16.9 Å². The molecule has 0 aromatic heterocycles. The largest absolute Gasteiger partial charge is 0.250 e. The molecule has 0 radical (unpaired) electrons. The molecule has 0 saturated heterocycles. The number of hydrogen-bond donors (Lipinski definition) is 0. The minimum Gasteiger partial charge on any atom is -0.250 e. The lowest BCUT2D eigenvalue weighted by molar-refractivity contribution is 0.688. The van der Waals surface area contributed by atoms with Gasteiger partial charge in [0.1, 0.15) is 0 Å². The van der Waals surface area contributed by atoms with E-state index >= 15 is 0 Å². The molecule has 17 heavy (non-hydrogen) atoms. The molecule has 0 fully saturated rings. The normalized spacial score (nSPS) is 12.8. The summed E-state index contributed by atoms with van der Waals surface area (Å²) in [5.74, 6) is 0. The highest BCUT2D eigenvalue weighted by Crippen LogP contribution is 2.11. The lowest BCUT2D eigenvalue weighted by atomic mass is 10.2. The number of benzene rings is 2. The van der Waals surface area contributed by atoms with E-state index in [1.165, 1.54) is 5.56 Å². The van der Waals surface area contributed by atoms with Gasteiger partial charge in [0, 0.05) is 10.3 Å². The van der Waals surface area contributed by atoms with Crippen molar-refractivity contribution in [3.63, 3.8) is 0 Å². The van der Waals surface area contributed by atoms with Crippen LogP contribution in [0.25, 0.3) is 6.08 Å². The minimum atomic E-state index is -1.07. The van der Waals surface area contributed by atoms with Gasteiger partial charge in [0.25, 0.3) is 0 Å². The van der Waals surface area contributed by atoms with Gasteiger partial charge in [-0.05, 0) is 30.7 Å². The fourth-order valence-electron chi connectivity index (χ4n) is 1.46. The Morgan fingerprint density at radius 3 is 2.24 bits per heavy atom. The van der Waals surface area contributed by atoms with Crippen LogP contribution < -0.4 is 0 Å². The highest BCUT2D eigenvalue weighted by atomic mass is 32.2. The van der Waals surface area contributed by atoms with Gasteiger partial charge in [-0.15, -0.1) is 0 Å². The van der Waals surface area contributed by atoms with Crippen LogP contribution in [0, 0.1) is 6.92 Å². The molecule has 0 aliphatic heterocycles. The topological polar surface area (TPSA) is 17.1 Å². The molecule has 1 nitrogen and oxygen atoms in total. The molecule has 1 atom stereocenters. The van der Waals surface area contributed by atoms with Crippen LogP contribution in [-0.2, 0) is 10.8 Å². The maximum absolute atomic E-state index is 12.0. The van der Waals surface area contributed by atoms with E-state index < -0.39 is 10.8 Å².